The van der Waals surface area contributed by atoms with E-state index in [1.54, 1.807) is 0 Å². The minimum Gasteiger partial charge on any atom is -0.374 e. The van der Waals surface area contributed by atoms with Gasteiger partial charge in [-0.1, -0.05) is 20.8 Å². The van der Waals surface area contributed by atoms with Crippen molar-refractivity contribution in [3.8, 4) is 0 Å². The lowest BCUT2D eigenvalue weighted by molar-refractivity contribution is -0.0256. The van der Waals surface area contributed by atoms with E-state index in [1.807, 2.05) is 0 Å². The summed E-state index contributed by atoms with van der Waals surface area (Å²) >= 11 is 0. The van der Waals surface area contributed by atoms with Gasteiger partial charge in [0.2, 0.25) is 0 Å². The molecule has 1 aliphatic rings. The molecule has 0 aromatic heterocycles. The zero-order valence-electron chi connectivity index (χ0n) is 13.3. The van der Waals surface area contributed by atoms with Crippen LogP contribution < -0.4 is 5.32 Å². The molecule has 0 aromatic rings. The van der Waals surface area contributed by atoms with Gasteiger partial charge in [0.1, 0.15) is 0 Å². The molecule has 19 heavy (non-hydrogen) atoms. The van der Waals surface area contributed by atoms with E-state index in [4.69, 9.17) is 4.74 Å². The molecule has 1 rings (SSSR count). The topological polar surface area (TPSA) is 27.7 Å². The number of likely N-dealkylation sites (N-methyl/N-ethyl adjacent to an activating group) is 1. The number of morpholine rings is 1. The van der Waals surface area contributed by atoms with Crippen molar-refractivity contribution in [2.24, 2.45) is 0 Å². The summed E-state index contributed by atoms with van der Waals surface area (Å²) in [6.07, 6.45) is 1.60. The van der Waals surface area contributed by atoms with Crippen LogP contribution in [0.25, 0.3) is 0 Å². The predicted octanol–water partition coefficient (Wildman–Crippen LogP) is 1.42. The van der Waals surface area contributed by atoms with Crippen molar-refractivity contribution in [2.45, 2.75) is 46.3 Å². The molecule has 2 unspecified atom stereocenters. The van der Waals surface area contributed by atoms with Gasteiger partial charge in [0.05, 0.1) is 12.7 Å². The zero-order valence-corrected chi connectivity index (χ0v) is 13.3. The van der Waals surface area contributed by atoms with Crippen LogP contribution in [0.3, 0.4) is 0 Å². The highest BCUT2D eigenvalue weighted by Gasteiger charge is 2.24. The van der Waals surface area contributed by atoms with E-state index >= 15 is 0 Å². The van der Waals surface area contributed by atoms with Crippen molar-refractivity contribution < 1.29 is 4.74 Å². The van der Waals surface area contributed by atoms with E-state index < -0.39 is 0 Å². The van der Waals surface area contributed by atoms with Crippen molar-refractivity contribution in [3.63, 3.8) is 0 Å². The maximum atomic E-state index is 5.88. The first-order valence-corrected chi connectivity index (χ1v) is 8.01. The predicted molar refractivity (Wildman–Crippen MR) is 81.7 cm³/mol. The Balaban J connectivity index is 2.30. The fraction of sp³-hybridized carbons (Fsp3) is 1.00. The molecule has 0 radical (unpaired) electrons. The summed E-state index contributed by atoms with van der Waals surface area (Å²) in [5.41, 5.74) is 0. The lowest BCUT2D eigenvalue weighted by Crippen LogP contribution is -2.51. The Morgan fingerprint density at radius 2 is 1.89 bits per heavy atom. The average molecular weight is 271 g/mol. The van der Waals surface area contributed by atoms with Crippen molar-refractivity contribution >= 4 is 0 Å². The van der Waals surface area contributed by atoms with E-state index in [0.29, 0.717) is 12.1 Å². The lowest BCUT2D eigenvalue weighted by Gasteiger charge is -2.36. The molecule has 4 nitrogen and oxygen atoms in total. The Kier molecular flexibility index (Phi) is 8.62. The van der Waals surface area contributed by atoms with Crippen molar-refractivity contribution in [1.29, 1.82) is 0 Å². The van der Waals surface area contributed by atoms with Crippen LogP contribution in [-0.2, 0) is 4.74 Å². The third-order valence-corrected chi connectivity index (χ3v) is 4.29. The van der Waals surface area contributed by atoms with Crippen LogP contribution in [0.15, 0.2) is 0 Å². The SMILES string of the molecule is CCN(CC)CCCN(CC)C(C)C1CNCCO1. The molecule has 1 saturated heterocycles. The van der Waals surface area contributed by atoms with E-state index in [0.717, 1.165) is 39.3 Å². The maximum Gasteiger partial charge on any atom is 0.0852 e. The highest BCUT2D eigenvalue weighted by atomic mass is 16.5. The van der Waals surface area contributed by atoms with E-state index in [1.165, 1.54) is 19.5 Å². The quantitative estimate of drug-likeness (QED) is 0.686. The second-order valence-corrected chi connectivity index (χ2v) is 5.36. The largest absolute Gasteiger partial charge is 0.374 e. The first-order chi connectivity index (χ1) is 9.22. The van der Waals surface area contributed by atoms with Crippen LogP contribution in [0, 0.1) is 0 Å². The van der Waals surface area contributed by atoms with Gasteiger partial charge < -0.3 is 15.0 Å². The summed E-state index contributed by atoms with van der Waals surface area (Å²) in [7, 11) is 0. The highest BCUT2D eigenvalue weighted by Crippen LogP contribution is 2.10. The van der Waals surface area contributed by atoms with E-state index in [9.17, 15) is 0 Å². The summed E-state index contributed by atoms with van der Waals surface area (Å²) in [4.78, 5) is 5.05. The van der Waals surface area contributed by atoms with Gasteiger partial charge in [-0.2, -0.15) is 0 Å². The molecule has 0 aromatic carbocycles. The minimum atomic E-state index is 0.349. The molecule has 1 fully saturated rings. The average Bonchev–Trinajstić information content (AvgIpc) is 2.48. The number of nitrogens with zero attached hydrogens (tertiary/aromatic N) is 2. The molecule has 0 spiro atoms. The minimum absolute atomic E-state index is 0.349. The summed E-state index contributed by atoms with van der Waals surface area (Å²) < 4.78 is 5.88. The first kappa shape index (κ1) is 16.9. The van der Waals surface area contributed by atoms with Crippen LogP contribution in [0.2, 0.25) is 0 Å². The van der Waals surface area contributed by atoms with Crippen LogP contribution in [0.5, 0.6) is 0 Å². The monoisotopic (exact) mass is 271 g/mol. The van der Waals surface area contributed by atoms with Gasteiger partial charge in [-0.05, 0) is 46.1 Å². The summed E-state index contributed by atoms with van der Waals surface area (Å²) in [6, 6.07) is 0.509. The number of hydrogen-bond acceptors (Lipinski definition) is 4. The van der Waals surface area contributed by atoms with Gasteiger partial charge in [0.15, 0.2) is 0 Å². The van der Waals surface area contributed by atoms with E-state index in [-0.39, 0.29) is 0 Å². The number of nitrogens with one attached hydrogen (secondary N) is 1. The molecule has 0 saturated carbocycles. The zero-order chi connectivity index (χ0) is 14.1. The summed E-state index contributed by atoms with van der Waals surface area (Å²) in [6.45, 7) is 17.7. The molecule has 0 amide bonds. The Morgan fingerprint density at radius 1 is 1.16 bits per heavy atom. The molecule has 1 heterocycles. The van der Waals surface area contributed by atoms with Crippen LogP contribution in [-0.4, -0.2) is 74.4 Å². The molecule has 0 aliphatic carbocycles. The smallest absolute Gasteiger partial charge is 0.0852 e. The van der Waals surface area contributed by atoms with Gasteiger partial charge in [-0.15, -0.1) is 0 Å². The summed E-state index contributed by atoms with van der Waals surface area (Å²) in [5.74, 6) is 0. The normalized spacial score (nSPS) is 22.1. The Morgan fingerprint density at radius 3 is 2.42 bits per heavy atom. The molecule has 4 heteroatoms. The third kappa shape index (κ3) is 5.78. The molecule has 1 N–H and O–H groups in total. The van der Waals surface area contributed by atoms with Gasteiger partial charge >= 0.3 is 0 Å². The second kappa shape index (κ2) is 9.70. The molecule has 1 aliphatic heterocycles. The number of rotatable bonds is 9. The van der Waals surface area contributed by atoms with Crippen LogP contribution >= 0.6 is 0 Å². The molecule has 114 valence electrons. The summed E-state index contributed by atoms with van der Waals surface area (Å²) in [5, 5.41) is 3.43. The van der Waals surface area contributed by atoms with Gasteiger partial charge in [0.25, 0.3) is 0 Å². The fourth-order valence-electron chi connectivity index (χ4n) is 2.82. The highest BCUT2D eigenvalue weighted by molar-refractivity contribution is 4.80. The van der Waals surface area contributed by atoms with Gasteiger partial charge in [0, 0.05) is 19.1 Å². The number of hydrogen-bond donors (Lipinski definition) is 1. The van der Waals surface area contributed by atoms with Crippen molar-refractivity contribution in [1.82, 2.24) is 15.1 Å². The number of ether oxygens (including phenoxy) is 1. The second-order valence-electron chi connectivity index (χ2n) is 5.36. The van der Waals surface area contributed by atoms with Crippen molar-refractivity contribution in [3.05, 3.63) is 0 Å². The fourth-order valence-corrected chi connectivity index (χ4v) is 2.82. The first-order valence-electron chi connectivity index (χ1n) is 8.01. The molecule has 0 bridgehead atoms. The molecular formula is C15H33N3O. The van der Waals surface area contributed by atoms with E-state index in [2.05, 4.69) is 42.8 Å². The van der Waals surface area contributed by atoms with Crippen LogP contribution in [0.1, 0.15) is 34.1 Å². The standard InChI is InChI=1S/C15H33N3O/c1-5-17(6-2)10-8-11-18(7-3)14(4)15-13-16-9-12-19-15/h14-16H,5-13H2,1-4H3. The van der Waals surface area contributed by atoms with Crippen molar-refractivity contribution in [2.75, 3.05) is 52.4 Å². The molecule has 2 atom stereocenters. The Hall–Kier alpha value is -0.160. The third-order valence-electron chi connectivity index (χ3n) is 4.29. The Bertz CT molecular complexity index is 215. The Labute approximate surface area is 119 Å². The van der Waals surface area contributed by atoms with Crippen LogP contribution in [0.4, 0.5) is 0 Å². The van der Waals surface area contributed by atoms with Gasteiger partial charge in [-0.25, -0.2) is 0 Å². The maximum absolute atomic E-state index is 5.88. The molecular weight excluding hydrogens is 238 g/mol. The lowest BCUT2D eigenvalue weighted by atomic mass is 10.1. The van der Waals surface area contributed by atoms with Gasteiger partial charge in [-0.3, -0.25) is 4.90 Å².